The summed E-state index contributed by atoms with van der Waals surface area (Å²) in [6, 6.07) is 4.70. The molecule has 4 fully saturated rings. The molecule has 5 aliphatic heterocycles. The highest BCUT2D eigenvalue weighted by atomic mass is 127. The minimum atomic E-state index is -2.13. The summed E-state index contributed by atoms with van der Waals surface area (Å²) in [5.41, 5.74) is 3.22. The highest BCUT2D eigenvalue weighted by molar-refractivity contribution is 14.1. The SMILES string of the molecule is COc1c(C)c(OC2OC(C)C(O)C(OC)C2O)c(I)c(C)c1C(=O)SC1C(O)CC(ONC2C(C)OC(O[C@H]3C#C/C=C\C#C[C@]4(O)CC(=O)C(CC(C)=O)=C3/C4=C/CSSC(C)(C)CCC(=O)CCCNC(=O)OCc3ccc(NC(=O)[C@H](C)CC(=O)[C@@H](NC(=O)CCCCCN4C(=O)C=CC4=O)C(C)C)cc3)C(OC3CC(C)C(CC(C)=O)CO3)C2O)OC1C. The number of halogens is 1. The molecule has 5 heterocycles. The van der Waals surface area contributed by atoms with Crippen molar-refractivity contribution in [2.24, 2.45) is 23.7 Å². The molecule has 702 valence electrons. The molecule has 2 aromatic rings. The van der Waals surface area contributed by atoms with Crippen molar-refractivity contribution >= 4 is 125 Å². The first-order valence-electron chi connectivity index (χ1n) is 43.3. The van der Waals surface area contributed by atoms with Gasteiger partial charge in [0.25, 0.3) is 11.8 Å². The number of unbranched alkanes of at least 4 members (excludes halogenated alkanes) is 2. The number of hydrogen-bond acceptors (Lipinski definition) is 31. The highest BCUT2D eigenvalue weighted by Crippen LogP contribution is 2.47. The maximum absolute atomic E-state index is 14.5. The Morgan fingerprint density at radius 2 is 1.49 bits per heavy atom. The fraction of sp³-hybridized carbons (Fsp3) is 0.620. The first-order chi connectivity index (χ1) is 60.6. The van der Waals surface area contributed by atoms with E-state index in [9.17, 15) is 78.3 Å². The Labute approximate surface area is 773 Å². The number of thioether (sulfide) groups is 1. The number of nitrogens with one attached hydrogen (secondary N) is 4. The number of alkyl carbamates (subject to hydrolysis) is 1. The summed E-state index contributed by atoms with van der Waals surface area (Å²) < 4.78 is 61.7. The molecule has 0 radical (unpaired) electrons. The van der Waals surface area contributed by atoms with Crippen LogP contribution in [0.5, 0.6) is 11.5 Å². The Hall–Kier alpha value is -7.29. The van der Waals surface area contributed by atoms with Crippen molar-refractivity contribution in [3.8, 4) is 35.2 Å². The van der Waals surface area contributed by atoms with E-state index in [1.807, 2.05) is 57.2 Å². The van der Waals surface area contributed by atoms with Gasteiger partial charge in [0.1, 0.15) is 72.1 Å². The van der Waals surface area contributed by atoms with Gasteiger partial charge in [-0.25, -0.2) is 4.79 Å². The van der Waals surface area contributed by atoms with Gasteiger partial charge in [0, 0.05) is 128 Å². The van der Waals surface area contributed by atoms with Crippen LogP contribution >= 0.6 is 55.9 Å². The monoisotopic (exact) mass is 1950 g/mol. The lowest BCUT2D eigenvalue weighted by Gasteiger charge is -2.46. The van der Waals surface area contributed by atoms with Crippen molar-refractivity contribution in [1.82, 2.24) is 21.0 Å². The van der Waals surface area contributed by atoms with Crippen LogP contribution in [-0.4, -0.2) is 248 Å². The van der Waals surface area contributed by atoms with Gasteiger partial charge < -0.3 is 93.6 Å². The second kappa shape index (κ2) is 48.4. The fourth-order valence-corrected chi connectivity index (χ4v) is 20.4. The Morgan fingerprint density at radius 1 is 0.789 bits per heavy atom. The number of benzene rings is 2. The number of carbonyl (C=O) groups is 11. The number of imide groups is 1. The van der Waals surface area contributed by atoms with Crippen molar-refractivity contribution in [2.75, 3.05) is 45.0 Å². The van der Waals surface area contributed by atoms with Gasteiger partial charge in [0.15, 0.2) is 36.0 Å². The van der Waals surface area contributed by atoms with E-state index in [-0.39, 0.29) is 176 Å². The average molecular weight is 1950 g/mol. The van der Waals surface area contributed by atoms with Crippen molar-refractivity contribution < 1.29 is 130 Å². The molecule has 0 aromatic heterocycles. The number of hydroxylamine groups is 1. The predicted molar refractivity (Wildman–Crippen MR) is 484 cm³/mol. The molecule has 128 heavy (non-hydrogen) atoms. The number of nitrogens with zero attached hydrogens (tertiary/aromatic N) is 1. The second-order valence-electron chi connectivity index (χ2n) is 34.5. The van der Waals surface area contributed by atoms with Crippen LogP contribution < -0.4 is 30.9 Å². The molecule has 32 nitrogen and oxygen atoms in total. The van der Waals surface area contributed by atoms with Gasteiger partial charge in [0.05, 0.1) is 71.0 Å². The summed E-state index contributed by atoms with van der Waals surface area (Å²) >= 11 is 2.89. The van der Waals surface area contributed by atoms with Crippen LogP contribution in [0.4, 0.5) is 10.5 Å². The standard InChI is InChI=1S/C92H122IN5O27S3/c1-48(2)76(96-68(105)26-20-18-22-38-98-69(106)31-32-70(98)107)64(102)40-50(4)86(111)95-60-29-27-58(28-30-60)46-118-90(113)94-37-23-24-61(101)33-36-91(12,13)128-126-39-34-63-74-62(43-52(6)100)66(104)45-92(63,114)35-21-17-16-19-25-67(74)122-89-84(123-71-41-49(3)59(47-117-71)42-51(5)99)79(109)77(55(9)120-89)97-125-72-44-65(103)85(57(11)119-72)127-87(112)73-53(7)75(93)82(54(8)81(73)115-14)124-88-80(110)83(116-15)78(108)56(10)121-88/h16-17,27-32,34,48-50,55-57,59,65,67,71-72,76-80,83-85,88-89,97,103,108-110,114H,18,20,22-24,26,33,36-47H2,1-15H3,(H,94,113)(H,95,111)(H,96,105)/b17-16-,63-34-/t49?,50-,55?,56?,57?,59?,65?,67+,71?,72?,76+,77?,78?,79?,80?,83?,84?,85?,88?,89?,92+/m1/s1. The number of aliphatic hydroxyl groups excluding tert-OH is 4. The molecule has 2 aliphatic carbocycles. The minimum Gasteiger partial charge on any atom is -0.496 e. The van der Waals surface area contributed by atoms with Gasteiger partial charge >= 0.3 is 6.09 Å². The van der Waals surface area contributed by atoms with E-state index in [0.717, 1.165) is 16.7 Å². The highest BCUT2D eigenvalue weighted by Gasteiger charge is 2.52. The molecule has 9 rings (SSSR count). The van der Waals surface area contributed by atoms with Crippen molar-refractivity contribution in [3.63, 3.8) is 0 Å². The molecule has 7 aliphatic rings. The summed E-state index contributed by atoms with van der Waals surface area (Å²) in [7, 11) is 5.67. The maximum Gasteiger partial charge on any atom is 0.407 e. The number of aliphatic hydroxyl groups is 5. The normalized spacial score (nSPS) is 28.7. The molecule has 5 amide bonds. The zero-order chi connectivity index (χ0) is 93.8. The Kier molecular flexibility index (Phi) is 39.5. The van der Waals surface area contributed by atoms with Gasteiger partial charge in [-0.1, -0.05) is 109 Å². The lowest BCUT2D eigenvalue weighted by atomic mass is 9.72. The number of anilines is 1. The van der Waals surface area contributed by atoms with Crippen molar-refractivity contribution in [3.05, 3.63) is 97.2 Å². The number of Topliss-reactive ketones (excluding diaryl/α,β-unsaturated/α-hetero) is 5. The van der Waals surface area contributed by atoms with Gasteiger partial charge in [-0.05, 0) is 164 Å². The van der Waals surface area contributed by atoms with Crippen molar-refractivity contribution in [1.29, 1.82) is 0 Å². The third-order valence-electron chi connectivity index (χ3n) is 23.4. The number of carbonyl (C=O) groups excluding carboxylic acids is 11. The molecule has 4 saturated heterocycles. The molecular weight excluding hydrogens is 1830 g/mol. The van der Waals surface area contributed by atoms with E-state index in [2.05, 4.69) is 45.1 Å². The molecule has 0 saturated carbocycles. The van der Waals surface area contributed by atoms with Crippen molar-refractivity contribution in [2.45, 2.75) is 300 Å². The fourth-order valence-electron chi connectivity index (χ4n) is 16.0. The number of methoxy groups -OCH3 is 2. The van der Waals surface area contributed by atoms with E-state index in [1.54, 1.807) is 71.9 Å². The van der Waals surface area contributed by atoms with E-state index >= 15 is 0 Å². The second-order valence-corrected chi connectivity index (χ2v) is 39.8. The molecule has 9 N–H and O–H groups in total. The van der Waals surface area contributed by atoms with E-state index in [0.29, 0.717) is 58.1 Å². The van der Waals surface area contributed by atoms with Gasteiger partial charge in [-0.2, -0.15) is 5.48 Å². The molecule has 2 aromatic carbocycles. The quantitative estimate of drug-likeness (QED) is 0.00746. The summed E-state index contributed by atoms with van der Waals surface area (Å²) in [5.74, 6) is 8.50. The number of allylic oxidation sites excluding steroid dienone is 3. The van der Waals surface area contributed by atoms with Crippen LogP contribution in [0.2, 0.25) is 0 Å². The van der Waals surface area contributed by atoms with Crippen LogP contribution in [0.25, 0.3) is 0 Å². The van der Waals surface area contributed by atoms with Crippen LogP contribution in [0.15, 0.2) is 71.4 Å². The summed E-state index contributed by atoms with van der Waals surface area (Å²) in [5, 5.41) is 66.1. The Morgan fingerprint density at radius 3 is 2.16 bits per heavy atom. The first-order valence-corrected chi connectivity index (χ1v) is 47.6. The minimum absolute atomic E-state index is 0.0137. The number of fused-ring (bicyclic) bond motifs is 2. The van der Waals surface area contributed by atoms with Crippen LogP contribution in [0.3, 0.4) is 0 Å². The summed E-state index contributed by atoms with van der Waals surface area (Å²) in [6.45, 7) is 22.9. The third-order valence-corrected chi connectivity index (χ3v) is 29.3. The van der Waals surface area contributed by atoms with Gasteiger partial charge in [-0.3, -0.25) is 52.9 Å². The predicted octanol–water partition coefficient (Wildman–Crippen LogP) is 9.12. The number of ketones is 5. The van der Waals surface area contributed by atoms with Crippen LogP contribution in [0.1, 0.15) is 193 Å². The average Bonchev–Trinajstić information content (AvgIpc) is 0.767. The van der Waals surface area contributed by atoms with Crippen LogP contribution in [-0.2, 0) is 92.5 Å². The molecule has 2 bridgehead atoms. The largest absolute Gasteiger partial charge is 0.496 e. The Balaban J connectivity index is 0.776. The summed E-state index contributed by atoms with van der Waals surface area (Å²) in [6.07, 6.45) is -7.95. The molecule has 17 unspecified atom stereocenters. The maximum atomic E-state index is 14.5. The van der Waals surface area contributed by atoms with E-state index < -0.39 is 149 Å². The number of amides is 5. The zero-order valence-corrected chi connectivity index (χ0v) is 79.6. The van der Waals surface area contributed by atoms with Gasteiger partial charge in [-0.15, -0.1) is 0 Å². The molecular formula is C92H122IN5O27S3. The lowest BCUT2D eigenvalue weighted by molar-refractivity contribution is -0.335. The van der Waals surface area contributed by atoms with E-state index in [1.165, 1.54) is 74.0 Å². The number of hydrogen-bond donors (Lipinski definition) is 9. The first kappa shape index (κ1) is 104. The number of rotatable bonds is 43. The topological polar surface area (TPSA) is 442 Å². The summed E-state index contributed by atoms with van der Waals surface area (Å²) in [4.78, 5) is 151. The molecule has 21 atom stereocenters. The zero-order valence-electron chi connectivity index (χ0n) is 75.0. The van der Waals surface area contributed by atoms with Gasteiger partial charge in [0.2, 0.25) is 23.2 Å². The molecule has 0 spiro atoms. The van der Waals surface area contributed by atoms with Crippen LogP contribution in [0, 0.1) is 64.8 Å². The lowest BCUT2D eigenvalue weighted by Crippen LogP contribution is -2.64. The third kappa shape index (κ3) is 28.4. The molecule has 36 heteroatoms. The smallest absolute Gasteiger partial charge is 0.407 e. The Bertz CT molecular complexity index is 4580. The number of ether oxygens (including phenoxy) is 10. The van der Waals surface area contributed by atoms with E-state index in [4.69, 9.17) is 52.2 Å².